The quantitative estimate of drug-likeness (QED) is 0.587. The maximum Gasteiger partial charge on any atom is 0.123 e. The van der Waals surface area contributed by atoms with Crippen LogP contribution < -0.4 is 4.74 Å². The normalized spacial score (nSPS) is 15.5. The van der Waals surface area contributed by atoms with Gasteiger partial charge in [-0.1, -0.05) is 30.3 Å². The zero-order valence-electron chi connectivity index (χ0n) is 17.2. The number of nitrogens with zero attached hydrogens (tertiary/aromatic N) is 2. The van der Waals surface area contributed by atoms with E-state index in [1.807, 2.05) is 24.3 Å². The minimum absolute atomic E-state index is 0.179. The molecule has 1 aliphatic heterocycles. The molecule has 1 aliphatic rings. The average molecular weight is 401 g/mol. The fourth-order valence-electron chi connectivity index (χ4n) is 3.82. The van der Waals surface area contributed by atoms with Crippen molar-refractivity contribution in [2.24, 2.45) is 0 Å². The summed E-state index contributed by atoms with van der Waals surface area (Å²) in [6.07, 6.45) is 3.82. The third kappa shape index (κ3) is 7.42. The van der Waals surface area contributed by atoms with Gasteiger partial charge in [0, 0.05) is 32.7 Å². The minimum atomic E-state index is -0.179. The molecule has 1 fully saturated rings. The second kappa shape index (κ2) is 11.9. The van der Waals surface area contributed by atoms with E-state index in [-0.39, 0.29) is 12.4 Å². The van der Waals surface area contributed by atoms with E-state index < -0.39 is 0 Å². The first kappa shape index (κ1) is 21.8. The number of aryl methyl sites for hydroxylation is 2. The van der Waals surface area contributed by atoms with Crippen LogP contribution in [0.1, 0.15) is 24.0 Å². The summed E-state index contributed by atoms with van der Waals surface area (Å²) in [4.78, 5) is 4.82. The van der Waals surface area contributed by atoms with Crippen LogP contribution in [0, 0.1) is 5.82 Å². The van der Waals surface area contributed by atoms with Crippen LogP contribution in [0.2, 0.25) is 0 Å². The number of hydrogen-bond donors (Lipinski definition) is 1. The molecule has 5 heteroatoms. The van der Waals surface area contributed by atoms with E-state index in [0.29, 0.717) is 0 Å². The molecule has 1 N–H and O–H groups in total. The molecule has 0 atom stereocenters. The number of unbranched alkanes of at least 4 members (excludes halogenated alkanes) is 1. The van der Waals surface area contributed by atoms with Gasteiger partial charge in [0.1, 0.15) is 11.6 Å². The van der Waals surface area contributed by atoms with Gasteiger partial charge in [0.05, 0.1) is 13.2 Å². The van der Waals surface area contributed by atoms with Crippen LogP contribution in [0.15, 0.2) is 48.5 Å². The monoisotopic (exact) mass is 400 g/mol. The number of β-amino-alcohol motifs (C(OH)–C–C–N with tert-alkyl or cyclic N) is 1. The van der Waals surface area contributed by atoms with Crippen molar-refractivity contribution in [2.45, 2.75) is 25.7 Å². The lowest BCUT2D eigenvalue weighted by Gasteiger charge is -2.34. The summed E-state index contributed by atoms with van der Waals surface area (Å²) in [7, 11) is 0. The molecule has 1 heterocycles. The van der Waals surface area contributed by atoms with E-state index in [4.69, 9.17) is 9.84 Å². The molecule has 0 spiro atoms. The Bertz CT molecular complexity index is 732. The number of aliphatic hydroxyl groups excluding tert-OH is 1. The Labute approximate surface area is 173 Å². The summed E-state index contributed by atoms with van der Waals surface area (Å²) >= 11 is 0. The van der Waals surface area contributed by atoms with Crippen molar-refractivity contribution in [1.29, 1.82) is 0 Å². The van der Waals surface area contributed by atoms with Crippen LogP contribution in [0.4, 0.5) is 4.39 Å². The molecule has 3 rings (SSSR count). The second-order valence-electron chi connectivity index (χ2n) is 7.70. The van der Waals surface area contributed by atoms with Gasteiger partial charge in [-0.25, -0.2) is 4.39 Å². The Balaban J connectivity index is 1.35. The lowest BCUT2D eigenvalue weighted by molar-refractivity contribution is 0.110. The highest BCUT2D eigenvalue weighted by molar-refractivity contribution is 5.34. The SMILES string of the molecule is OCCN1CCN(CCCCOc2ccccc2CCc2cccc(F)c2)CC1. The molecule has 0 saturated carbocycles. The van der Waals surface area contributed by atoms with Crippen LogP contribution in [0.5, 0.6) is 5.75 Å². The molecule has 0 unspecified atom stereocenters. The number of ether oxygens (including phenoxy) is 1. The van der Waals surface area contributed by atoms with Crippen molar-refractivity contribution in [3.8, 4) is 5.75 Å². The summed E-state index contributed by atoms with van der Waals surface area (Å²) < 4.78 is 19.4. The van der Waals surface area contributed by atoms with Gasteiger partial charge in [0.25, 0.3) is 0 Å². The van der Waals surface area contributed by atoms with E-state index in [2.05, 4.69) is 15.9 Å². The fourth-order valence-corrected chi connectivity index (χ4v) is 3.82. The number of halogens is 1. The van der Waals surface area contributed by atoms with Gasteiger partial charge < -0.3 is 14.7 Å². The zero-order valence-corrected chi connectivity index (χ0v) is 17.2. The summed E-state index contributed by atoms with van der Waals surface area (Å²) in [5, 5.41) is 9.02. The van der Waals surface area contributed by atoms with Gasteiger partial charge in [-0.15, -0.1) is 0 Å². The molecule has 2 aromatic carbocycles. The molecule has 0 radical (unpaired) electrons. The third-order valence-corrected chi connectivity index (χ3v) is 5.55. The molecule has 0 amide bonds. The summed E-state index contributed by atoms with van der Waals surface area (Å²) in [5.74, 6) is 0.767. The van der Waals surface area contributed by atoms with Crippen molar-refractivity contribution in [1.82, 2.24) is 9.80 Å². The Hall–Kier alpha value is -1.95. The highest BCUT2D eigenvalue weighted by Gasteiger charge is 2.15. The fraction of sp³-hybridized carbons (Fsp3) is 0.500. The van der Waals surface area contributed by atoms with Gasteiger partial charge in [-0.3, -0.25) is 4.90 Å². The van der Waals surface area contributed by atoms with Gasteiger partial charge in [0.2, 0.25) is 0 Å². The predicted molar refractivity (Wildman–Crippen MR) is 115 cm³/mol. The highest BCUT2D eigenvalue weighted by Crippen LogP contribution is 2.20. The number of benzene rings is 2. The average Bonchev–Trinajstić information content (AvgIpc) is 2.74. The second-order valence-corrected chi connectivity index (χ2v) is 7.70. The molecule has 0 aliphatic carbocycles. The van der Waals surface area contributed by atoms with E-state index in [9.17, 15) is 4.39 Å². The van der Waals surface area contributed by atoms with Crippen molar-refractivity contribution in [3.63, 3.8) is 0 Å². The molecule has 0 aromatic heterocycles. The number of para-hydroxylation sites is 1. The lowest BCUT2D eigenvalue weighted by Crippen LogP contribution is -2.47. The molecule has 2 aromatic rings. The van der Waals surface area contributed by atoms with Gasteiger partial charge in [-0.2, -0.15) is 0 Å². The standard InChI is InChI=1S/C24H33FN2O2/c25-23-8-5-6-21(20-23)10-11-22-7-1-2-9-24(22)29-19-4-3-12-26-13-15-27(16-14-26)17-18-28/h1-2,5-9,20,28H,3-4,10-19H2. The topological polar surface area (TPSA) is 35.9 Å². The van der Waals surface area contributed by atoms with Crippen LogP contribution in [-0.2, 0) is 12.8 Å². The molecular weight excluding hydrogens is 367 g/mol. The summed E-state index contributed by atoms with van der Waals surface area (Å²) in [6, 6.07) is 15.0. The van der Waals surface area contributed by atoms with Gasteiger partial charge in [0.15, 0.2) is 0 Å². The molecular formula is C24H33FN2O2. The Morgan fingerprint density at radius 3 is 2.38 bits per heavy atom. The Kier molecular flexibility index (Phi) is 8.93. The number of hydrogen-bond acceptors (Lipinski definition) is 4. The molecule has 158 valence electrons. The number of aliphatic hydroxyl groups is 1. The van der Waals surface area contributed by atoms with Crippen molar-refractivity contribution in [3.05, 3.63) is 65.5 Å². The molecule has 1 saturated heterocycles. The van der Waals surface area contributed by atoms with Crippen molar-refractivity contribution >= 4 is 0 Å². The summed E-state index contributed by atoms with van der Waals surface area (Å²) in [6.45, 7) is 7.15. The van der Waals surface area contributed by atoms with E-state index in [0.717, 1.165) is 82.9 Å². The first-order chi connectivity index (χ1) is 14.2. The van der Waals surface area contributed by atoms with E-state index in [1.54, 1.807) is 12.1 Å². The maximum absolute atomic E-state index is 13.4. The predicted octanol–water partition coefficient (Wildman–Crippen LogP) is 3.38. The van der Waals surface area contributed by atoms with Gasteiger partial charge in [-0.05, 0) is 61.6 Å². The smallest absolute Gasteiger partial charge is 0.123 e. The first-order valence-corrected chi connectivity index (χ1v) is 10.8. The molecule has 29 heavy (non-hydrogen) atoms. The lowest BCUT2D eigenvalue weighted by atomic mass is 10.0. The largest absolute Gasteiger partial charge is 0.493 e. The zero-order chi connectivity index (χ0) is 20.3. The van der Waals surface area contributed by atoms with Crippen molar-refractivity contribution in [2.75, 3.05) is 52.5 Å². The summed E-state index contributed by atoms with van der Waals surface area (Å²) in [5.41, 5.74) is 2.19. The van der Waals surface area contributed by atoms with Crippen molar-refractivity contribution < 1.29 is 14.2 Å². The van der Waals surface area contributed by atoms with Crippen LogP contribution in [0.25, 0.3) is 0 Å². The first-order valence-electron chi connectivity index (χ1n) is 10.8. The number of piperazine rings is 1. The highest BCUT2D eigenvalue weighted by atomic mass is 19.1. The number of rotatable bonds is 11. The Morgan fingerprint density at radius 2 is 1.62 bits per heavy atom. The third-order valence-electron chi connectivity index (χ3n) is 5.55. The Morgan fingerprint density at radius 1 is 0.862 bits per heavy atom. The van der Waals surface area contributed by atoms with E-state index >= 15 is 0 Å². The van der Waals surface area contributed by atoms with Crippen LogP contribution in [-0.4, -0.2) is 67.4 Å². The minimum Gasteiger partial charge on any atom is -0.493 e. The van der Waals surface area contributed by atoms with E-state index in [1.165, 1.54) is 11.6 Å². The molecule has 4 nitrogen and oxygen atoms in total. The molecule has 0 bridgehead atoms. The van der Waals surface area contributed by atoms with Crippen LogP contribution in [0.3, 0.4) is 0 Å². The van der Waals surface area contributed by atoms with Gasteiger partial charge >= 0.3 is 0 Å². The maximum atomic E-state index is 13.4. The van der Waals surface area contributed by atoms with Crippen LogP contribution >= 0.6 is 0 Å².